The molecule has 238 valence electrons. The number of aryl methyl sites for hydroxylation is 1. The van der Waals surface area contributed by atoms with Crippen LogP contribution in [0.4, 0.5) is 0 Å². The lowest BCUT2D eigenvalue weighted by atomic mass is 10.2. The monoisotopic (exact) mass is 588 g/mol. The van der Waals surface area contributed by atoms with Gasteiger partial charge in [0.1, 0.15) is 0 Å². The molecule has 6 nitrogen and oxygen atoms in total. The Labute approximate surface area is 261 Å². The fraction of sp³-hybridized carbons (Fsp3) is 0.676. The number of nitrogens with zero attached hydrogens (tertiary/aromatic N) is 2. The molecule has 3 aromatic rings. The molecule has 0 unspecified atom stereocenters. The van der Waals surface area contributed by atoms with Crippen LogP contribution >= 0.6 is 0 Å². The summed E-state index contributed by atoms with van der Waals surface area (Å²) in [6.07, 6.45) is 14.6. The smallest absolute Gasteiger partial charge is 0.0491 e. The van der Waals surface area contributed by atoms with Gasteiger partial charge in [0.2, 0.25) is 0 Å². The van der Waals surface area contributed by atoms with Crippen LogP contribution in [0.5, 0.6) is 0 Å². The van der Waals surface area contributed by atoms with Crippen molar-refractivity contribution in [2.75, 3.05) is 72.0 Å². The molecule has 0 amide bonds. The third-order valence-electron chi connectivity index (χ3n) is 9.37. The van der Waals surface area contributed by atoms with E-state index in [1.807, 2.05) is 0 Å². The zero-order valence-electron chi connectivity index (χ0n) is 26.9. The zero-order valence-corrected chi connectivity index (χ0v) is 26.9. The number of fused-ring (bicyclic) bond motifs is 3. The standard InChI is InChI=1S/C37H60N6/c1-3-14-36-34(12-1)35-13-2-4-15-37(35)43(36)29-11-28-42(26-9-24-38-20-5-7-22-40-30-32-16-17-32)27-10-25-39-21-6-8-23-41-31-33-18-19-33/h1-4,12-15,32-33,38-41H,5-11,16-31H2. The van der Waals surface area contributed by atoms with Crippen molar-refractivity contribution < 1.29 is 0 Å². The SMILES string of the molecule is c1ccc2c(c1)c1ccccc1n2CCCN(CCCNCCCCNCC1CC1)CCCNCCCCNCC1CC1. The summed E-state index contributed by atoms with van der Waals surface area (Å²) < 4.78 is 2.55. The van der Waals surface area contributed by atoms with Gasteiger partial charge in [-0.3, -0.25) is 0 Å². The summed E-state index contributed by atoms with van der Waals surface area (Å²) in [5, 5.41) is 17.4. The van der Waals surface area contributed by atoms with Gasteiger partial charge in [-0.25, -0.2) is 0 Å². The highest BCUT2D eigenvalue weighted by Crippen LogP contribution is 2.29. The van der Waals surface area contributed by atoms with Crippen molar-refractivity contribution >= 4 is 21.8 Å². The minimum Gasteiger partial charge on any atom is -0.340 e. The van der Waals surface area contributed by atoms with E-state index in [0.717, 1.165) is 44.6 Å². The first kappa shape index (κ1) is 32.4. The third-order valence-corrected chi connectivity index (χ3v) is 9.37. The van der Waals surface area contributed by atoms with Gasteiger partial charge in [0.05, 0.1) is 0 Å². The first-order valence-corrected chi connectivity index (χ1v) is 17.9. The second kappa shape index (κ2) is 18.8. The van der Waals surface area contributed by atoms with Crippen LogP contribution in [0.25, 0.3) is 21.8 Å². The van der Waals surface area contributed by atoms with Crippen LogP contribution in [0, 0.1) is 11.8 Å². The Kier molecular flexibility index (Phi) is 14.1. The van der Waals surface area contributed by atoms with E-state index in [0.29, 0.717) is 0 Å². The zero-order chi connectivity index (χ0) is 29.4. The van der Waals surface area contributed by atoms with Gasteiger partial charge in [0.15, 0.2) is 0 Å². The van der Waals surface area contributed by atoms with Crippen molar-refractivity contribution in [2.45, 2.75) is 77.2 Å². The van der Waals surface area contributed by atoms with Crippen molar-refractivity contribution in [2.24, 2.45) is 11.8 Å². The predicted octanol–water partition coefficient (Wildman–Crippen LogP) is 6.01. The maximum absolute atomic E-state index is 3.71. The quantitative estimate of drug-likeness (QED) is 0.0867. The van der Waals surface area contributed by atoms with E-state index in [9.17, 15) is 0 Å². The van der Waals surface area contributed by atoms with E-state index < -0.39 is 0 Å². The van der Waals surface area contributed by atoms with Gasteiger partial charge in [-0.15, -0.1) is 0 Å². The van der Waals surface area contributed by atoms with E-state index in [1.54, 1.807) is 0 Å². The number of nitrogens with one attached hydrogen (secondary N) is 4. The fourth-order valence-electron chi connectivity index (χ4n) is 6.39. The Morgan fingerprint density at radius 3 is 1.42 bits per heavy atom. The molecular formula is C37H60N6. The number of para-hydroxylation sites is 2. The molecule has 2 saturated carbocycles. The summed E-state index contributed by atoms with van der Waals surface area (Å²) in [6.45, 7) is 14.0. The van der Waals surface area contributed by atoms with Crippen molar-refractivity contribution in [3.63, 3.8) is 0 Å². The topological polar surface area (TPSA) is 56.3 Å². The Bertz CT molecular complexity index is 1080. The molecule has 0 radical (unpaired) electrons. The molecule has 0 atom stereocenters. The maximum atomic E-state index is 3.71. The molecule has 0 saturated heterocycles. The summed E-state index contributed by atoms with van der Waals surface area (Å²) in [4.78, 5) is 2.72. The lowest BCUT2D eigenvalue weighted by Crippen LogP contribution is -2.32. The largest absolute Gasteiger partial charge is 0.340 e. The van der Waals surface area contributed by atoms with Gasteiger partial charge < -0.3 is 30.7 Å². The van der Waals surface area contributed by atoms with Gasteiger partial charge >= 0.3 is 0 Å². The molecule has 1 aromatic heterocycles. The van der Waals surface area contributed by atoms with Crippen LogP contribution in [0.2, 0.25) is 0 Å². The molecule has 2 aromatic carbocycles. The third kappa shape index (κ3) is 11.8. The van der Waals surface area contributed by atoms with Crippen molar-refractivity contribution in [1.82, 2.24) is 30.7 Å². The summed E-state index contributed by atoms with van der Waals surface area (Å²) in [5.41, 5.74) is 2.74. The van der Waals surface area contributed by atoms with Crippen LogP contribution in [0.15, 0.2) is 48.5 Å². The number of rotatable bonds is 26. The van der Waals surface area contributed by atoms with Gasteiger partial charge in [-0.1, -0.05) is 36.4 Å². The van der Waals surface area contributed by atoms with E-state index in [1.165, 1.54) is 138 Å². The highest BCUT2D eigenvalue weighted by atomic mass is 15.1. The molecular weight excluding hydrogens is 528 g/mol. The van der Waals surface area contributed by atoms with Crippen molar-refractivity contribution in [3.05, 3.63) is 48.5 Å². The highest BCUT2D eigenvalue weighted by Gasteiger charge is 2.20. The highest BCUT2D eigenvalue weighted by molar-refractivity contribution is 6.07. The van der Waals surface area contributed by atoms with Gasteiger partial charge in [-0.2, -0.15) is 0 Å². The fourth-order valence-corrected chi connectivity index (χ4v) is 6.39. The molecule has 1 heterocycles. The average Bonchev–Trinajstić information content (AvgIpc) is 3.98. The van der Waals surface area contributed by atoms with E-state index in [2.05, 4.69) is 79.3 Å². The molecule has 2 aliphatic rings. The summed E-state index contributed by atoms with van der Waals surface area (Å²) in [7, 11) is 0. The van der Waals surface area contributed by atoms with Gasteiger partial charge in [0.25, 0.3) is 0 Å². The minimum absolute atomic E-state index is 0.989. The molecule has 2 aliphatic carbocycles. The molecule has 2 fully saturated rings. The lowest BCUT2D eigenvalue weighted by Gasteiger charge is -2.23. The number of hydrogen-bond acceptors (Lipinski definition) is 5. The molecule has 5 rings (SSSR count). The van der Waals surface area contributed by atoms with Crippen LogP contribution in [0.1, 0.15) is 70.6 Å². The Hall–Kier alpha value is -1.96. The molecule has 43 heavy (non-hydrogen) atoms. The Balaban J connectivity index is 0.988. The first-order valence-electron chi connectivity index (χ1n) is 17.9. The summed E-state index contributed by atoms with van der Waals surface area (Å²) >= 11 is 0. The summed E-state index contributed by atoms with van der Waals surface area (Å²) in [5.74, 6) is 1.98. The number of unbranched alkanes of at least 4 members (excludes halogenated alkanes) is 2. The lowest BCUT2D eigenvalue weighted by molar-refractivity contribution is 0.257. The van der Waals surface area contributed by atoms with Crippen LogP contribution in [-0.4, -0.2) is 81.5 Å². The van der Waals surface area contributed by atoms with Gasteiger partial charge in [-0.05, 0) is 167 Å². The van der Waals surface area contributed by atoms with Crippen LogP contribution < -0.4 is 21.3 Å². The second-order valence-corrected chi connectivity index (χ2v) is 13.3. The van der Waals surface area contributed by atoms with E-state index in [-0.39, 0.29) is 0 Å². The van der Waals surface area contributed by atoms with E-state index >= 15 is 0 Å². The first-order chi connectivity index (χ1) is 21.4. The van der Waals surface area contributed by atoms with Crippen LogP contribution in [-0.2, 0) is 6.54 Å². The van der Waals surface area contributed by atoms with E-state index in [4.69, 9.17) is 0 Å². The minimum atomic E-state index is 0.989. The Morgan fingerprint density at radius 2 is 0.930 bits per heavy atom. The molecule has 0 aliphatic heterocycles. The van der Waals surface area contributed by atoms with Crippen LogP contribution in [0.3, 0.4) is 0 Å². The van der Waals surface area contributed by atoms with Crippen molar-refractivity contribution in [3.8, 4) is 0 Å². The average molecular weight is 589 g/mol. The molecule has 4 N–H and O–H groups in total. The molecule has 0 spiro atoms. The predicted molar refractivity (Wildman–Crippen MR) is 185 cm³/mol. The molecule has 0 bridgehead atoms. The molecule has 6 heteroatoms. The number of benzene rings is 2. The Morgan fingerprint density at radius 1 is 0.512 bits per heavy atom. The number of aromatic nitrogens is 1. The second-order valence-electron chi connectivity index (χ2n) is 13.3. The maximum Gasteiger partial charge on any atom is 0.0491 e. The normalized spacial score (nSPS) is 15.4. The summed E-state index contributed by atoms with van der Waals surface area (Å²) in [6, 6.07) is 17.8. The van der Waals surface area contributed by atoms with Gasteiger partial charge in [0, 0.05) is 28.4 Å². The number of hydrogen-bond donors (Lipinski definition) is 4. The van der Waals surface area contributed by atoms with Crippen molar-refractivity contribution in [1.29, 1.82) is 0 Å².